The molecule has 0 saturated carbocycles. The Bertz CT molecular complexity index is 1210. The van der Waals surface area contributed by atoms with Crippen molar-refractivity contribution in [2.24, 2.45) is 0 Å². The summed E-state index contributed by atoms with van der Waals surface area (Å²) >= 11 is 0. The standard InChI is InChI=1S/C26H28N2O5S/c1-3-4-18-33-26(30)22-10-14-23(15-11-22)27-25(29)21-12-16-24(17-13-21)28(34(2,31)32)19-20-8-6-5-7-9-20/h5-17H,3-4,18-19H2,1-2H3,(H,27,29). The monoisotopic (exact) mass is 480 g/mol. The summed E-state index contributed by atoms with van der Waals surface area (Å²) in [5.74, 6) is -0.744. The molecule has 0 aliphatic rings. The van der Waals surface area contributed by atoms with Gasteiger partial charge in [-0.1, -0.05) is 43.7 Å². The molecule has 0 fully saturated rings. The average molecular weight is 481 g/mol. The summed E-state index contributed by atoms with van der Waals surface area (Å²) in [5, 5.41) is 2.77. The van der Waals surface area contributed by atoms with Crippen molar-refractivity contribution < 1.29 is 22.7 Å². The number of nitrogens with one attached hydrogen (secondary N) is 1. The van der Waals surface area contributed by atoms with E-state index in [0.717, 1.165) is 24.7 Å². The molecular weight excluding hydrogens is 452 g/mol. The molecule has 3 aromatic carbocycles. The number of esters is 1. The second kappa shape index (κ2) is 11.5. The van der Waals surface area contributed by atoms with Crippen LogP contribution in [0.25, 0.3) is 0 Å². The minimum Gasteiger partial charge on any atom is -0.462 e. The van der Waals surface area contributed by atoms with E-state index in [1.165, 1.54) is 4.31 Å². The van der Waals surface area contributed by atoms with Crippen LogP contribution in [-0.4, -0.2) is 33.2 Å². The Labute approximate surface area is 200 Å². The fourth-order valence-electron chi connectivity index (χ4n) is 3.21. The van der Waals surface area contributed by atoms with Crippen LogP contribution in [0, 0.1) is 0 Å². The van der Waals surface area contributed by atoms with Crippen LogP contribution in [0.15, 0.2) is 78.9 Å². The van der Waals surface area contributed by atoms with Crippen LogP contribution in [0.3, 0.4) is 0 Å². The van der Waals surface area contributed by atoms with Crippen LogP contribution in [-0.2, 0) is 21.3 Å². The number of amides is 1. The fraction of sp³-hybridized carbons (Fsp3) is 0.231. The molecule has 0 aromatic heterocycles. The second-order valence-electron chi connectivity index (χ2n) is 7.82. The van der Waals surface area contributed by atoms with Gasteiger partial charge >= 0.3 is 5.97 Å². The van der Waals surface area contributed by atoms with Crippen molar-refractivity contribution in [1.29, 1.82) is 0 Å². The van der Waals surface area contributed by atoms with Gasteiger partial charge in [0.05, 0.1) is 30.7 Å². The summed E-state index contributed by atoms with van der Waals surface area (Å²) in [6.45, 7) is 2.59. The molecule has 3 rings (SSSR count). The molecular formula is C26H28N2O5S. The summed E-state index contributed by atoms with van der Waals surface area (Å²) < 4.78 is 31.2. The van der Waals surface area contributed by atoms with Crippen molar-refractivity contribution in [3.63, 3.8) is 0 Å². The molecule has 8 heteroatoms. The van der Waals surface area contributed by atoms with Crippen molar-refractivity contribution in [3.8, 4) is 0 Å². The lowest BCUT2D eigenvalue weighted by molar-refractivity contribution is 0.0499. The van der Waals surface area contributed by atoms with Gasteiger partial charge in [-0.05, 0) is 60.5 Å². The van der Waals surface area contributed by atoms with Crippen molar-refractivity contribution in [3.05, 3.63) is 95.6 Å². The van der Waals surface area contributed by atoms with Gasteiger partial charge < -0.3 is 10.1 Å². The van der Waals surface area contributed by atoms with Crippen LogP contribution in [0.5, 0.6) is 0 Å². The molecule has 0 saturated heterocycles. The number of benzene rings is 3. The van der Waals surface area contributed by atoms with Crippen LogP contribution >= 0.6 is 0 Å². The normalized spacial score (nSPS) is 11.0. The molecule has 0 radical (unpaired) electrons. The van der Waals surface area contributed by atoms with E-state index in [4.69, 9.17) is 4.74 Å². The Morgan fingerprint density at radius 2 is 1.50 bits per heavy atom. The first-order valence-corrected chi connectivity index (χ1v) is 12.8. The molecule has 3 aromatic rings. The summed E-state index contributed by atoms with van der Waals surface area (Å²) in [5.41, 5.74) is 2.64. The maximum absolute atomic E-state index is 12.6. The first kappa shape index (κ1) is 25.0. The van der Waals surface area contributed by atoms with Crippen molar-refractivity contribution in [1.82, 2.24) is 0 Å². The Morgan fingerprint density at radius 1 is 0.882 bits per heavy atom. The third-order valence-electron chi connectivity index (χ3n) is 5.10. The Morgan fingerprint density at radius 3 is 2.09 bits per heavy atom. The highest BCUT2D eigenvalue weighted by Crippen LogP contribution is 2.22. The van der Waals surface area contributed by atoms with E-state index < -0.39 is 16.0 Å². The van der Waals surface area contributed by atoms with E-state index in [9.17, 15) is 18.0 Å². The highest BCUT2D eigenvalue weighted by molar-refractivity contribution is 7.92. The first-order valence-electron chi connectivity index (χ1n) is 11.0. The van der Waals surface area contributed by atoms with Gasteiger partial charge in [0.2, 0.25) is 10.0 Å². The van der Waals surface area contributed by atoms with Crippen LogP contribution in [0.4, 0.5) is 11.4 Å². The fourth-order valence-corrected chi connectivity index (χ4v) is 4.10. The van der Waals surface area contributed by atoms with Gasteiger partial charge in [0.1, 0.15) is 0 Å². The number of ether oxygens (including phenoxy) is 1. The lowest BCUT2D eigenvalue weighted by atomic mass is 10.1. The zero-order valence-corrected chi connectivity index (χ0v) is 20.0. The van der Waals surface area contributed by atoms with Crippen LogP contribution in [0.2, 0.25) is 0 Å². The molecule has 1 amide bonds. The summed E-state index contributed by atoms with van der Waals surface area (Å²) in [4.78, 5) is 24.6. The molecule has 1 N–H and O–H groups in total. The van der Waals surface area contributed by atoms with Gasteiger partial charge in [-0.15, -0.1) is 0 Å². The van der Waals surface area contributed by atoms with E-state index in [1.54, 1.807) is 48.5 Å². The Balaban J connectivity index is 1.66. The topological polar surface area (TPSA) is 92.8 Å². The summed E-state index contributed by atoms with van der Waals surface area (Å²) in [6.07, 6.45) is 2.91. The van der Waals surface area contributed by atoms with Crippen LogP contribution in [0.1, 0.15) is 46.0 Å². The number of unbranched alkanes of at least 4 members (excludes halogenated alkanes) is 1. The van der Waals surface area contributed by atoms with E-state index in [1.807, 2.05) is 37.3 Å². The average Bonchev–Trinajstić information content (AvgIpc) is 2.83. The van der Waals surface area contributed by atoms with Crippen LogP contribution < -0.4 is 9.62 Å². The third-order valence-corrected chi connectivity index (χ3v) is 6.24. The van der Waals surface area contributed by atoms with Gasteiger partial charge in [-0.25, -0.2) is 13.2 Å². The summed E-state index contributed by atoms with van der Waals surface area (Å²) in [7, 11) is -3.52. The molecule has 0 spiro atoms. The quantitative estimate of drug-likeness (QED) is 0.330. The van der Waals surface area contributed by atoms with Gasteiger partial charge in [-0.2, -0.15) is 0 Å². The number of carbonyl (C=O) groups excluding carboxylic acids is 2. The maximum Gasteiger partial charge on any atom is 0.338 e. The molecule has 7 nitrogen and oxygen atoms in total. The predicted molar refractivity (Wildman–Crippen MR) is 133 cm³/mol. The number of nitrogens with zero attached hydrogens (tertiary/aromatic N) is 1. The minimum absolute atomic E-state index is 0.193. The molecule has 0 heterocycles. The molecule has 0 atom stereocenters. The largest absolute Gasteiger partial charge is 0.462 e. The molecule has 178 valence electrons. The molecule has 0 bridgehead atoms. The molecule has 34 heavy (non-hydrogen) atoms. The minimum atomic E-state index is -3.52. The number of hydrogen-bond acceptors (Lipinski definition) is 5. The van der Waals surface area contributed by atoms with Gasteiger partial charge in [0, 0.05) is 11.3 Å². The van der Waals surface area contributed by atoms with Crippen molar-refractivity contribution >= 4 is 33.3 Å². The van der Waals surface area contributed by atoms with E-state index >= 15 is 0 Å². The zero-order valence-electron chi connectivity index (χ0n) is 19.2. The smallest absolute Gasteiger partial charge is 0.338 e. The maximum atomic E-state index is 12.6. The number of anilines is 2. The van der Waals surface area contributed by atoms with Gasteiger partial charge in [0.25, 0.3) is 5.91 Å². The molecule has 0 aliphatic heterocycles. The number of carbonyl (C=O) groups is 2. The SMILES string of the molecule is CCCCOC(=O)c1ccc(NC(=O)c2ccc(N(Cc3ccccc3)S(C)(=O)=O)cc2)cc1. The summed E-state index contributed by atoms with van der Waals surface area (Å²) in [6, 6.07) is 22.1. The Kier molecular flexibility index (Phi) is 8.43. The highest BCUT2D eigenvalue weighted by atomic mass is 32.2. The highest BCUT2D eigenvalue weighted by Gasteiger charge is 2.18. The van der Waals surface area contributed by atoms with Gasteiger partial charge in [-0.3, -0.25) is 9.10 Å². The number of rotatable bonds is 10. The number of hydrogen-bond donors (Lipinski definition) is 1. The lowest BCUT2D eigenvalue weighted by Gasteiger charge is -2.22. The molecule has 0 unspecified atom stereocenters. The van der Waals surface area contributed by atoms with E-state index in [-0.39, 0.29) is 12.5 Å². The van der Waals surface area contributed by atoms with E-state index in [2.05, 4.69) is 5.32 Å². The van der Waals surface area contributed by atoms with Crippen molar-refractivity contribution in [2.75, 3.05) is 22.5 Å². The van der Waals surface area contributed by atoms with Gasteiger partial charge in [0.15, 0.2) is 0 Å². The Hall–Kier alpha value is -3.65. The predicted octanol–water partition coefficient (Wildman–Crippen LogP) is 4.86. The third kappa shape index (κ3) is 6.92. The lowest BCUT2D eigenvalue weighted by Crippen LogP contribution is -2.29. The van der Waals surface area contributed by atoms with Crippen molar-refractivity contribution in [2.45, 2.75) is 26.3 Å². The second-order valence-corrected chi connectivity index (χ2v) is 9.73. The zero-order chi connectivity index (χ0) is 24.6. The van der Waals surface area contributed by atoms with E-state index in [0.29, 0.717) is 29.1 Å². The molecule has 0 aliphatic carbocycles. The number of sulfonamides is 1. The first-order chi connectivity index (χ1) is 16.3.